The van der Waals surface area contributed by atoms with Gasteiger partial charge < -0.3 is 30.3 Å². The summed E-state index contributed by atoms with van der Waals surface area (Å²) in [4.78, 5) is 20.7. The van der Waals surface area contributed by atoms with Crippen LogP contribution in [0.3, 0.4) is 0 Å². The number of piperazine rings is 1. The molecule has 0 spiro atoms. The molecule has 4 N–H and O–H groups in total. The number of fused-ring (bicyclic) bond motifs is 1. The van der Waals surface area contributed by atoms with E-state index in [1.54, 1.807) is 13.2 Å². The van der Waals surface area contributed by atoms with Crippen molar-refractivity contribution in [3.8, 4) is 5.75 Å². The Kier molecular flexibility index (Phi) is 7.26. The third kappa shape index (κ3) is 5.59. The van der Waals surface area contributed by atoms with E-state index in [-0.39, 0.29) is 5.54 Å². The number of phenolic OH excluding ortho intramolecular Hbond substituents is 1. The maximum Gasteiger partial charge on any atom is 0.414 e. The smallest absolute Gasteiger partial charge is 0.414 e. The average molecular weight is 394 g/mol. The van der Waals surface area contributed by atoms with Crippen LogP contribution in [-0.4, -0.2) is 58.5 Å². The van der Waals surface area contributed by atoms with E-state index in [1.807, 2.05) is 6.07 Å². The summed E-state index contributed by atoms with van der Waals surface area (Å²) in [6.07, 6.45) is 5.13. The summed E-state index contributed by atoms with van der Waals surface area (Å²) >= 11 is 0. The standard InChI is InChI=1S/C18H28N2O2.C2H2O4/c1-18(2)12-20(16-7-5-4-6-15(16)19-18)14-8-9-17(21)13(10-14)11-22-3;3-1(4)2(5)6/h8-10,15-16,19,21H,4-7,11-12H2,1-3H3;(H,3,4)(H,5,6)/t15-,16-;/m1./s1. The van der Waals surface area contributed by atoms with Crippen molar-refractivity contribution < 1.29 is 29.6 Å². The van der Waals surface area contributed by atoms with Crippen LogP contribution in [0.15, 0.2) is 18.2 Å². The fourth-order valence-electron chi connectivity index (χ4n) is 4.05. The van der Waals surface area contributed by atoms with Gasteiger partial charge in [0.05, 0.1) is 6.61 Å². The zero-order chi connectivity index (χ0) is 20.9. The summed E-state index contributed by atoms with van der Waals surface area (Å²) in [6.45, 7) is 6.00. The average Bonchev–Trinajstić information content (AvgIpc) is 2.62. The number of ether oxygens (including phenoxy) is 1. The van der Waals surface area contributed by atoms with Crippen LogP contribution in [0.2, 0.25) is 0 Å². The third-order valence-corrected chi connectivity index (χ3v) is 5.15. The Balaban J connectivity index is 0.000000409. The van der Waals surface area contributed by atoms with Gasteiger partial charge in [0.2, 0.25) is 0 Å². The minimum absolute atomic E-state index is 0.109. The van der Waals surface area contributed by atoms with Crippen LogP contribution in [0.25, 0.3) is 0 Å². The molecule has 156 valence electrons. The molecule has 1 aliphatic carbocycles. The van der Waals surface area contributed by atoms with E-state index in [1.165, 1.54) is 31.4 Å². The minimum Gasteiger partial charge on any atom is -0.508 e. The lowest BCUT2D eigenvalue weighted by molar-refractivity contribution is -0.159. The maximum atomic E-state index is 9.99. The van der Waals surface area contributed by atoms with Gasteiger partial charge in [-0.3, -0.25) is 0 Å². The molecule has 0 radical (unpaired) electrons. The van der Waals surface area contributed by atoms with Crippen molar-refractivity contribution in [3.05, 3.63) is 23.8 Å². The van der Waals surface area contributed by atoms with Crippen LogP contribution >= 0.6 is 0 Å². The van der Waals surface area contributed by atoms with Crippen LogP contribution < -0.4 is 10.2 Å². The highest BCUT2D eigenvalue weighted by atomic mass is 16.5. The Morgan fingerprint density at radius 1 is 1.21 bits per heavy atom. The zero-order valence-electron chi connectivity index (χ0n) is 16.6. The number of rotatable bonds is 3. The number of carboxylic acid groups (broad SMARTS) is 2. The van der Waals surface area contributed by atoms with Crippen LogP contribution in [0.4, 0.5) is 5.69 Å². The molecule has 0 unspecified atom stereocenters. The van der Waals surface area contributed by atoms with Gasteiger partial charge >= 0.3 is 11.9 Å². The monoisotopic (exact) mass is 394 g/mol. The van der Waals surface area contributed by atoms with Gasteiger partial charge in [0, 0.05) is 42.5 Å². The number of methoxy groups -OCH3 is 1. The van der Waals surface area contributed by atoms with E-state index in [4.69, 9.17) is 24.5 Å². The molecule has 0 bridgehead atoms. The fraction of sp³-hybridized carbons (Fsp3) is 0.600. The summed E-state index contributed by atoms with van der Waals surface area (Å²) in [5, 5.41) is 28.6. The highest BCUT2D eigenvalue weighted by molar-refractivity contribution is 6.27. The Bertz CT molecular complexity index is 694. The molecule has 2 atom stereocenters. The van der Waals surface area contributed by atoms with Crippen molar-refractivity contribution in [1.82, 2.24) is 5.32 Å². The van der Waals surface area contributed by atoms with E-state index in [0.717, 1.165) is 12.1 Å². The quantitative estimate of drug-likeness (QED) is 0.576. The number of nitrogens with zero attached hydrogens (tertiary/aromatic N) is 1. The van der Waals surface area contributed by atoms with Crippen molar-refractivity contribution >= 4 is 17.6 Å². The lowest BCUT2D eigenvalue weighted by Gasteiger charge is -2.52. The molecule has 1 aromatic carbocycles. The third-order valence-electron chi connectivity index (χ3n) is 5.15. The van der Waals surface area contributed by atoms with E-state index in [9.17, 15) is 5.11 Å². The van der Waals surface area contributed by atoms with E-state index >= 15 is 0 Å². The molecule has 8 nitrogen and oxygen atoms in total. The molecule has 28 heavy (non-hydrogen) atoms. The molecule has 3 rings (SSSR count). The number of hydrogen-bond acceptors (Lipinski definition) is 6. The molecule has 0 aromatic heterocycles. The normalized spacial score (nSPS) is 23.2. The van der Waals surface area contributed by atoms with Crippen molar-refractivity contribution in [1.29, 1.82) is 0 Å². The molecule has 1 aromatic rings. The zero-order valence-corrected chi connectivity index (χ0v) is 16.6. The van der Waals surface area contributed by atoms with Crippen molar-refractivity contribution in [3.63, 3.8) is 0 Å². The van der Waals surface area contributed by atoms with E-state index in [0.29, 0.717) is 24.4 Å². The van der Waals surface area contributed by atoms with E-state index in [2.05, 4.69) is 30.1 Å². The van der Waals surface area contributed by atoms with Crippen molar-refractivity contribution in [2.24, 2.45) is 0 Å². The maximum absolute atomic E-state index is 9.99. The molecule has 1 heterocycles. The largest absolute Gasteiger partial charge is 0.508 e. The summed E-state index contributed by atoms with van der Waals surface area (Å²) in [5.41, 5.74) is 2.18. The summed E-state index contributed by atoms with van der Waals surface area (Å²) in [6, 6.07) is 7.06. The lowest BCUT2D eigenvalue weighted by Crippen LogP contribution is -2.67. The number of anilines is 1. The number of aliphatic carboxylic acids is 2. The summed E-state index contributed by atoms with van der Waals surface area (Å²) in [7, 11) is 1.66. The van der Waals surface area contributed by atoms with Crippen molar-refractivity contribution in [2.45, 2.75) is 63.8 Å². The number of carboxylic acids is 2. The van der Waals surface area contributed by atoms with Crippen LogP contribution in [0.5, 0.6) is 5.75 Å². The summed E-state index contributed by atoms with van der Waals surface area (Å²) < 4.78 is 5.21. The first kappa shape index (κ1) is 22.0. The molecular weight excluding hydrogens is 364 g/mol. The molecule has 1 saturated carbocycles. The summed E-state index contributed by atoms with van der Waals surface area (Å²) in [5.74, 6) is -3.33. The number of phenols is 1. The van der Waals surface area contributed by atoms with Gasteiger partial charge in [0.15, 0.2) is 0 Å². The number of aromatic hydroxyl groups is 1. The predicted molar refractivity (Wildman–Crippen MR) is 105 cm³/mol. The van der Waals surface area contributed by atoms with Gasteiger partial charge in [-0.2, -0.15) is 0 Å². The molecule has 2 aliphatic rings. The van der Waals surface area contributed by atoms with Crippen LogP contribution in [-0.2, 0) is 20.9 Å². The Labute approximate surface area is 165 Å². The highest BCUT2D eigenvalue weighted by Crippen LogP contribution is 2.35. The van der Waals surface area contributed by atoms with Gasteiger partial charge in [0.25, 0.3) is 0 Å². The first-order valence-corrected chi connectivity index (χ1v) is 9.46. The minimum atomic E-state index is -1.82. The van der Waals surface area contributed by atoms with Crippen LogP contribution in [0.1, 0.15) is 45.1 Å². The number of benzene rings is 1. The molecule has 0 amide bonds. The Hall–Kier alpha value is -2.32. The number of nitrogens with one attached hydrogen (secondary N) is 1. The van der Waals surface area contributed by atoms with Gasteiger partial charge in [-0.05, 0) is 44.9 Å². The van der Waals surface area contributed by atoms with Crippen LogP contribution in [0, 0.1) is 0 Å². The topological polar surface area (TPSA) is 119 Å². The first-order valence-electron chi connectivity index (χ1n) is 9.46. The first-order chi connectivity index (χ1) is 13.1. The number of hydrogen-bond donors (Lipinski definition) is 4. The predicted octanol–water partition coefficient (Wildman–Crippen LogP) is 2.19. The van der Waals surface area contributed by atoms with Gasteiger partial charge in [-0.15, -0.1) is 0 Å². The molecule has 1 saturated heterocycles. The Morgan fingerprint density at radius 2 is 1.86 bits per heavy atom. The highest BCUT2D eigenvalue weighted by Gasteiger charge is 2.40. The van der Waals surface area contributed by atoms with Crippen molar-refractivity contribution in [2.75, 3.05) is 18.6 Å². The lowest BCUT2D eigenvalue weighted by atomic mass is 9.83. The van der Waals surface area contributed by atoms with Gasteiger partial charge in [-0.1, -0.05) is 12.8 Å². The molecule has 1 aliphatic heterocycles. The second kappa shape index (κ2) is 9.25. The Morgan fingerprint density at radius 3 is 2.46 bits per heavy atom. The molecule has 2 fully saturated rings. The van der Waals surface area contributed by atoms with E-state index < -0.39 is 11.9 Å². The fourth-order valence-corrected chi connectivity index (χ4v) is 4.05. The van der Waals surface area contributed by atoms with Gasteiger partial charge in [0.1, 0.15) is 5.75 Å². The SMILES string of the molecule is COCc1cc(N2CC(C)(C)N[C@@H]3CCCC[C@H]32)ccc1O.O=C(O)C(=O)O. The molecular formula is C20H30N2O6. The number of carbonyl (C=O) groups is 2. The second-order valence-electron chi connectivity index (χ2n) is 7.97. The molecule has 8 heteroatoms. The van der Waals surface area contributed by atoms with Gasteiger partial charge in [-0.25, -0.2) is 9.59 Å². The second-order valence-corrected chi connectivity index (χ2v) is 7.97.